The van der Waals surface area contributed by atoms with Gasteiger partial charge < -0.3 is 9.47 Å². The standard InChI is InChI=1S/C20H15BrF3N5O2S/c21-9-3-11(17(23)24)13-7-29(19(31)12(13)4-9)16(18(30)27-20-25-1-2-32-20)15-14-5-10(22)6-28(14)8-26-15/h1-4,8,10,16-17H,5-7H2,(H,25,27,30)/t10-,16-/m1/s1. The minimum absolute atomic E-state index is 0.0547. The van der Waals surface area contributed by atoms with Gasteiger partial charge in [0.25, 0.3) is 18.2 Å². The number of rotatable bonds is 5. The summed E-state index contributed by atoms with van der Waals surface area (Å²) < 4.78 is 43.3. The number of nitrogens with zero attached hydrogens (tertiary/aromatic N) is 4. The molecule has 3 aromatic rings. The van der Waals surface area contributed by atoms with E-state index >= 15 is 0 Å². The topological polar surface area (TPSA) is 80.1 Å². The predicted molar refractivity (Wildman–Crippen MR) is 113 cm³/mol. The SMILES string of the molecule is O=C(Nc1nccs1)[C@@H](c1ncn2c1C[C@@H](F)C2)N1Cc2c(cc(Br)cc2C(F)F)C1=O. The fourth-order valence-electron chi connectivity index (χ4n) is 4.22. The number of benzene rings is 1. The lowest BCUT2D eigenvalue weighted by Gasteiger charge is -2.26. The van der Waals surface area contributed by atoms with E-state index in [4.69, 9.17) is 0 Å². The Balaban J connectivity index is 1.57. The molecular formula is C20H15BrF3N5O2S. The van der Waals surface area contributed by atoms with Crippen LogP contribution in [0.15, 0.2) is 34.5 Å². The summed E-state index contributed by atoms with van der Waals surface area (Å²) in [6, 6.07) is 1.51. The highest BCUT2D eigenvalue weighted by Crippen LogP contribution is 2.39. The molecule has 5 rings (SSSR count). The van der Waals surface area contributed by atoms with Crippen molar-refractivity contribution in [1.29, 1.82) is 0 Å². The van der Waals surface area contributed by atoms with Crippen molar-refractivity contribution in [3.63, 3.8) is 0 Å². The van der Waals surface area contributed by atoms with Gasteiger partial charge in [0.05, 0.1) is 18.6 Å². The van der Waals surface area contributed by atoms with Crippen LogP contribution in [-0.2, 0) is 24.3 Å². The maximum atomic E-state index is 14.0. The lowest BCUT2D eigenvalue weighted by atomic mass is 10.0. The summed E-state index contributed by atoms with van der Waals surface area (Å²) in [6.45, 7) is -0.0811. The first-order chi connectivity index (χ1) is 15.3. The Hall–Kier alpha value is -2.73. The van der Waals surface area contributed by atoms with Crippen LogP contribution in [0, 0.1) is 0 Å². The highest BCUT2D eigenvalue weighted by molar-refractivity contribution is 9.10. The summed E-state index contributed by atoms with van der Waals surface area (Å²) in [4.78, 5) is 36.2. The summed E-state index contributed by atoms with van der Waals surface area (Å²) in [5.74, 6) is -1.17. The van der Waals surface area contributed by atoms with E-state index in [0.29, 0.717) is 15.3 Å². The van der Waals surface area contributed by atoms with Crippen LogP contribution in [0.2, 0.25) is 0 Å². The Bertz CT molecular complexity index is 1220. The number of aromatic nitrogens is 3. The van der Waals surface area contributed by atoms with Crippen molar-refractivity contribution in [3.8, 4) is 0 Å². The Kier molecular flexibility index (Phi) is 5.28. The van der Waals surface area contributed by atoms with Gasteiger partial charge in [-0.15, -0.1) is 11.3 Å². The van der Waals surface area contributed by atoms with Crippen molar-refractivity contribution in [2.45, 2.75) is 38.1 Å². The number of carbonyl (C=O) groups is 2. The van der Waals surface area contributed by atoms with E-state index in [2.05, 4.69) is 31.2 Å². The van der Waals surface area contributed by atoms with Crippen LogP contribution in [0.4, 0.5) is 18.3 Å². The summed E-state index contributed by atoms with van der Waals surface area (Å²) in [5.41, 5.74) is 0.734. The first kappa shape index (κ1) is 21.1. The average molecular weight is 526 g/mol. The van der Waals surface area contributed by atoms with Gasteiger partial charge in [-0.1, -0.05) is 15.9 Å². The summed E-state index contributed by atoms with van der Waals surface area (Å²) in [7, 11) is 0. The highest BCUT2D eigenvalue weighted by Gasteiger charge is 2.43. The maximum Gasteiger partial charge on any atom is 0.264 e. The average Bonchev–Trinajstić information content (AvgIpc) is 3.50. The monoisotopic (exact) mass is 525 g/mol. The molecule has 2 atom stereocenters. The lowest BCUT2D eigenvalue weighted by Crippen LogP contribution is -2.38. The van der Waals surface area contributed by atoms with Crippen molar-refractivity contribution in [2.75, 3.05) is 5.32 Å². The van der Waals surface area contributed by atoms with Crippen molar-refractivity contribution in [1.82, 2.24) is 19.4 Å². The van der Waals surface area contributed by atoms with Gasteiger partial charge in [0.15, 0.2) is 11.2 Å². The fraction of sp³-hybridized carbons (Fsp3) is 0.300. The molecule has 4 heterocycles. The number of alkyl halides is 3. The Morgan fingerprint density at radius 1 is 1.31 bits per heavy atom. The number of carbonyl (C=O) groups excluding carboxylic acids is 2. The number of halogens is 4. The van der Waals surface area contributed by atoms with Gasteiger partial charge in [-0.25, -0.2) is 23.1 Å². The van der Waals surface area contributed by atoms with Crippen LogP contribution in [0.3, 0.4) is 0 Å². The number of anilines is 1. The smallest absolute Gasteiger partial charge is 0.264 e. The van der Waals surface area contributed by atoms with Crippen LogP contribution in [0.5, 0.6) is 0 Å². The second-order valence-electron chi connectivity index (χ2n) is 7.51. The molecule has 2 aliphatic heterocycles. The van der Waals surface area contributed by atoms with E-state index in [1.54, 1.807) is 9.95 Å². The van der Waals surface area contributed by atoms with Crippen LogP contribution in [-0.4, -0.2) is 37.4 Å². The largest absolute Gasteiger partial charge is 0.331 e. The summed E-state index contributed by atoms with van der Waals surface area (Å²) >= 11 is 4.37. The normalized spacial score (nSPS) is 18.2. The highest BCUT2D eigenvalue weighted by atomic mass is 79.9. The van der Waals surface area contributed by atoms with E-state index < -0.39 is 30.5 Å². The number of fused-ring (bicyclic) bond motifs is 2. The van der Waals surface area contributed by atoms with E-state index in [-0.39, 0.29) is 41.9 Å². The summed E-state index contributed by atoms with van der Waals surface area (Å²) in [5, 5.41) is 4.66. The molecule has 12 heteroatoms. The Morgan fingerprint density at radius 2 is 2.12 bits per heavy atom. The third-order valence-corrected chi connectivity index (χ3v) is 6.72. The van der Waals surface area contributed by atoms with Crippen molar-refractivity contribution >= 4 is 44.2 Å². The molecular weight excluding hydrogens is 511 g/mol. The third kappa shape index (κ3) is 3.51. The molecule has 0 fully saturated rings. The first-order valence-electron chi connectivity index (χ1n) is 9.63. The van der Waals surface area contributed by atoms with Crippen molar-refractivity contribution in [3.05, 3.63) is 62.6 Å². The molecule has 0 bridgehead atoms. The maximum absolute atomic E-state index is 14.0. The van der Waals surface area contributed by atoms with Gasteiger partial charge in [0.1, 0.15) is 6.17 Å². The quantitative estimate of drug-likeness (QED) is 0.539. The summed E-state index contributed by atoms with van der Waals surface area (Å²) in [6.07, 6.45) is -0.911. The van der Waals surface area contributed by atoms with Gasteiger partial charge in [-0.2, -0.15) is 0 Å². The number of hydrogen-bond donors (Lipinski definition) is 1. The molecule has 0 spiro atoms. The number of hydrogen-bond acceptors (Lipinski definition) is 5. The predicted octanol–water partition coefficient (Wildman–Crippen LogP) is 4.27. The molecule has 0 aliphatic carbocycles. The molecule has 32 heavy (non-hydrogen) atoms. The van der Waals surface area contributed by atoms with Gasteiger partial charge in [-0.3, -0.25) is 14.9 Å². The minimum atomic E-state index is -2.79. The first-order valence-corrected chi connectivity index (χ1v) is 11.3. The Morgan fingerprint density at radius 3 is 2.84 bits per heavy atom. The Labute approximate surface area is 192 Å². The van der Waals surface area contributed by atoms with Gasteiger partial charge in [0, 0.05) is 45.8 Å². The van der Waals surface area contributed by atoms with E-state index in [1.165, 1.54) is 40.9 Å². The van der Waals surface area contributed by atoms with E-state index in [9.17, 15) is 22.8 Å². The molecule has 7 nitrogen and oxygen atoms in total. The second kappa shape index (κ2) is 8.00. The number of thiazole rings is 1. The van der Waals surface area contributed by atoms with E-state index in [1.807, 2.05) is 0 Å². The number of nitrogens with one attached hydrogen (secondary N) is 1. The zero-order chi connectivity index (χ0) is 22.6. The zero-order valence-corrected chi connectivity index (χ0v) is 18.7. The molecule has 0 saturated carbocycles. The van der Waals surface area contributed by atoms with E-state index in [0.717, 1.165) is 0 Å². The molecule has 2 aliphatic rings. The number of imidazole rings is 1. The van der Waals surface area contributed by atoms with Crippen LogP contribution >= 0.6 is 27.3 Å². The third-order valence-electron chi connectivity index (χ3n) is 5.57. The molecule has 1 aromatic carbocycles. The zero-order valence-electron chi connectivity index (χ0n) is 16.3. The van der Waals surface area contributed by atoms with Crippen LogP contribution in [0.25, 0.3) is 0 Å². The lowest BCUT2D eigenvalue weighted by molar-refractivity contribution is -0.121. The van der Waals surface area contributed by atoms with Crippen molar-refractivity contribution in [2.24, 2.45) is 0 Å². The van der Waals surface area contributed by atoms with Crippen LogP contribution in [0.1, 0.15) is 45.3 Å². The van der Waals surface area contributed by atoms with Crippen molar-refractivity contribution < 1.29 is 22.8 Å². The van der Waals surface area contributed by atoms with Gasteiger partial charge in [-0.05, 0) is 17.7 Å². The van der Waals surface area contributed by atoms with Gasteiger partial charge >= 0.3 is 0 Å². The molecule has 166 valence electrons. The minimum Gasteiger partial charge on any atom is -0.331 e. The molecule has 2 amide bonds. The molecule has 0 saturated heterocycles. The van der Waals surface area contributed by atoms with Gasteiger partial charge in [0.2, 0.25) is 0 Å². The molecule has 2 aromatic heterocycles. The second-order valence-corrected chi connectivity index (χ2v) is 9.32. The number of amides is 2. The molecule has 0 unspecified atom stereocenters. The molecule has 1 N–H and O–H groups in total. The van der Waals surface area contributed by atoms with Crippen LogP contribution < -0.4 is 5.32 Å². The molecule has 0 radical (unpaired) electrons. The fourth-order valence-corrected chi connectivity index (χ4v) is 5.22.